The van der Waals surface area contributed by atoms with Gasteiger partial charge in [0.2, 0.25) is 0 Å². The molecule has 0 bridgehead atoms. The van der Waals surface area contributed by atoms with E-state index in [2.05, 4.69) is 15.5 Å². The highest BCUT2D eigenvalue weighted by Crippen LogP contribution is 2.21. The van der Waals surface area contributed by atoms with Crippen molar-refractivity contribution in [1.82, 2.24) is 10.2 Å². The Bertz CT molecular complexity index is 585. The van der Waals surface area contributed by atoms with Crippen LogP contribution in [0, 0.1) is 5.82 Å². The summed E-state index contributed by atoms with van der Waals surface area (Å²) in [6.45, 7) is 2.89. The molecular formula is C15H19ClFN3O3. The quantitative estimate of drug-likeness (QED) is 0.790. The lowest BCUT2D eigenvalue weighted by atomic mass is 10.2. The fraction of sp³-hybridized carbons (Fsp3) is 0.467. The molecule has 23 heavy (non-hydrogen) atoms. The molecule has 1 atom stereocenters. The number of methoxy groups -OCH3 is 1. The largest absolute Gasteiger partial charge is 0.383 e. The molecule has 0 aliphatic carbocycles. The highest BCUT2D eigenvalue weighted by atomic mass is 35.5. The van der Waals surface area contributed by atoms with Crippen molar-refractivity contribution < 1.29 is 18.7 Å². The standard InChI is InChI=1S/C15H19ClFN3O3/c1-23-8-7-20-6-5-10(9-20)18-14(21)15(22)19-12-4-2-3-11(16)13(12)17/h2-4,10H,5-9H2,1H3,(H,18,21)(H,19,22). The Morgan fingerprint density at radius 3 is 2.96 bits per heavy atom. The van der Waals surface area contributed by atoms with E-state index in [9.17, 15) is 14.0 Å². The van der Waals surface area contributed by atoms with Gasteiger partial charge in [-0.15, -0.1) is 0 Å². The topological polar surface area (TPSA) is 70.7 Å². The lowest BCUT2D eigenvalue weighted by Crippen LogP contribution is -2.43. The fourth-order valence-electron chi connectivity index (χ4n) is 2.40. The number of likely N-dealkylation sites (tertiary alicyclic amines) is 1. The van der Waals surface area contributed by atoms with E-state index in [-0.39, 0.29) is 16.8 Å². The molecule has 0 spiro atoms. The number of carbonyl (C=O) groups excluding carboxylic acids is 2. The van der Waals surface area contributed by atoms with Crippen molar-refractivity contribution in [3.8, 4) is 0 Å². The number of hydrogen-bond donors (Lipinski definition) is 2. The first-order valence-corrected chi connectivity index (χ1v) is 7.66. The van der Waals surface area contributed by atoms with Crippen LogP contribution in [0.1, 0.15) is 6.42 Å². The third kappa shape index (κ3) is 4.89. The van der Waals surface area contributed by atoms with Crippen LogP contribution in [0.4, 0.5) is 10.1 Å². The smallest absolute Gasteiger partial charge is 0.313 e. The third-order valence-corrected chi connectivity index (χ3v) is 3.92. The van der Waals surface area contributed by atoms with Gasteiger partial charge >= 0.3 is 11.8 Å². The van der Waals surface area contributed by atoms with E-state index < -0.39 is 17.6 Å². The molecule has 2 amide bonds. The first-order valence-electron chi connectivity index (χ1n) is 7.28. The molecule has 1 unspecified atom stereocenters. The van der Waals surface area contributed by atoms with E-state index in [0.717, 1.165) is 19.5 Å². The summed E-state index contributed by atoms with van der Waals surface area (Å²) >= 11 is 5.63. The predicted molar refractivity (Wildman–Crippen MR) is 84.9 cm³/mol. The Balaban J connectivity index is 1.84. The molecule has 1 aliphatic heterocycles. The van der Waals surface area contributed by atoms with E-state index >= 15 is 0 Å². The number of anilines is 1. The summed E-state index contributed by atoms with van der Waals surface area (Å²) in [5.74, 6) is -2.47. The van der Waals surface area contributed by atoms with E-state index in [1.54, 1.807) is 7.11 Å². The minimum atomic E-state index is -0.915. The van der Waals surface area contributed by atoms with Gasteiger partial charge in [0.15, 0.2) is 5.82 Å². The number of halogens is 2. The number of rotatable bonds is 5. The molecule has 1 aromatic rings. The Morgan fingerprint density at radius 1 is 1.43 bits per heavy atom. The van der Waals surface area contributed by atoms with Crippen LogP contribution in [-0.2, 0) is 14.3 Å². The van der Waals surface area contributed by atoms with Gasteiger partial charge in [-0.1, -0.05) is 17.7 Å². The molecule has 6 nitrogen and oxygen atoms in total. The zero-order valence-corrected chi connectivity index (χ0v) is 13.5. The van der Waals surface area contributed by atoms with Crippen molar-refractivity contribution in [2.45, 2.75) is 12.5 Å². The van der Waals surface area contributed by atoms with Crippen LogP contribution in [0.25, 0.3) is 0 Å². The van der Waals surface area contributed by atoms with E-state index in [1.807, 2.05) is 0 Å². The van der Waals surface area contributed by atoms with Crippen LogP contribution < -0.4 is 10.6 Å². The number of nitrogens with one attached hydrogen (secondary N) is 2. The van der Waals surface area contributed by atoms with Crippen LogP contribution >= 0.6 is 11.6 Å². The first-order chi connectivity index (χ1) is 11.0. The van der Waals surface area contributed by atoms with Gasteiger partial charge in [0, 0.05) is 32.8 Å². The summed E-state index contributed by atoms with van der Waals surface area (Å²) in [5, 5.41) is 4.76. The summed E-state index contributed by atoms with van der Waals surface area (Å²) in [6, 6.07) is 4.09. The summed E-state index contributed by atoms with van der Waals surface area (Å²) in [7, 11) is 1.63. The molecule has 2 rings (SSSR count). The summed E-state index contributed by atoms with van der Waals surface area (Å²) in [6.07, 6.45) is 0.758. The van der Waals surface area contributed by atoms with Crippen LogP contribution in [-0.4, -0.2) is 56.1 Å². The second kappa shape index (κ2) is 8.24. The zero-order valence-electron chi connectivity index (χ0n) is 12.8. The average Bonchev–Trinajstić information content (AvgIpc) is 2.97. The molecule has 1 heterocycles. The number of nitrogens with zero attached hydrogens (tertiary/aromatic N) is 1. The maximum absolute atomic E-state index is 13.7. The van der Waals surface area contributed by atoms with Crippen molar-refractivity contribution in [1.29, 1.82) is 0 Å². The monoisotopic (exact) mass is 343 g/mol. The van der Waals surface area contributed by atoms with Gasteiger partial charge in [-0.3, -0.25) is 14.5 Å². The average molecular weight is 344 g/mol. The van der Waals surface area contributed by atoms with Gasteiger partial charge in [0.05, 0.1) is 17.3 Å². The lowest BCUT2D eigenvalue weighted by molar-refractivity contribution is -0.136. The van der Waals surface area contributed by atoms with Crippen molar-refractivity contribution in [2.24, 2.45) is 0 Å². The van der Waals surface area contributed by atoms with Gasteiger partial charge in [0.25, 0.3) is 0 Å². The number of carbonyl (C=O) groups is 2. The lowest BCUT2D eigenvalue weighted by Gasteiger charge is -2.16. The number of hydrogen-bond acceptors (Lipinski definition) is 4. The van der Waals surface area contributed by atoms with Crippen LogP contribution in [0.5, 0.6) is 0 Å². The second-order valence-electron chi connectivity index (χ2n) is 5.31. The van der Waals surface area contributed by atoms with Gasteiger partial charge in [-0.25, -0.2) is 4.39 Å². The number of benzene rings is 1. The first kappa shape index (κ1) is 17.7. The van der Waals surface area contributed by atoms with Crippen molar-refractivity contribution in [3.05, 3.63) is 29.0 Å². The van der Waals surface area contributed by atoms with Gasteiger partial charge in [-0.05, 0) is 18.6 Å². The van der Waals surface area contributed by atoms with Gasteiger partial charge in [-0.2, -0.15) is 0 Å². The SMILES string of the molecule is COCCN1CCC(NC(=O)C(=O)Nc2cccc(Cl)c2F)C1. The third-order valence-electron chi connectivity index (χ3n) is 3.63. The zero-order chi connectivity index (χ0) is 16.8. The highest BCUT2D eigenvalue weighted by Gasteiger charge is 2.26. The van der Waals surface area contributed by atoms with Crippen molar-refractivity contribution >= 4 is 29.1 Å². The maximum atomic E-state index is 13.7. The number of ether oxygens (including phenoxy) is 1. The number of amides is 2. The van der Waals surface area contributed by atoms with Gasteiger partial charge < -0.3 is 15.4 Å². The van der Waals surface area contributed by atoms with E-state index in [4.69, 9.17) is 16.3 Å². The molecule has 8 heteroatoms. The molecule has 1 fully saturated rings. The Kier molecular flexibility index (Phi) is 6.32. The van der Waals surface area contributed by atoms with E-state index in [1.165, 1.54) is 18.2 Å². The molecule has 1 saturated heterocycles. The van der Waals surface area contributed by atoms with Gasteiger partial charge in [0.1, 0.15) is 0 Å². The van der Waals surface area contributed by atoms with Crippen LogP contribution in [0.2, 0.25) is 5.02 Å². The van der Waals surface area contributed by atoms with Crippen LogP contribution in [0.15, 0.2) is 18.2 Å². The minimum absolute atomic E-state index is 0.102. The minimum Gasteiger partial charge on any atom is -0.383 e. The van der Waals surface area contributed by atoms with E-state index in [0.29, 0.717) is 13.2 Å². The maximum Gasteiger partial charge on any atom is 0.313 e. The Hall–Kier alpha value is -1.70. The van der Waals surface area contributed by atoms with Crippen LogP contribution in [0.3, 0.4) is 0 Å². The summed E-state index contributed by atoms with van der Waals surface area (Å²) < 4.78 is 18.7. The molecule has 1 aromatic carbocycles. The fourth-order valence-corrected chi connectivity index (χ4v) is 2.58. The molecule has 1 aliphatic rings. The Morgan fingerprint density at radius 2 is 2.22 bits per heavy atom. The molecule has 2 N–H and O–H groups in total. The molecular weight excluding hydrogens is 325 g/mol. The summed E-state index contributed by atoms with van der Waals surface area (Å²) in [4.78, 5) is 25.9. The second-order valence-corrected chi connectivity index (χ2v) is 5.72. The predicted octanol–water partition coefficient (Wildman–Crippen LogP) is 1.25. The molecule has 0 aromatic heterocycles. The Labute approximate surface area is 138 Å². The molecule has 0 saturated carbocycles. The normalized spacial score (nSPS) is 18.0. The van der Waals surface area contributed by atoms with Crippen molar-refractivity contribution in [3.63, 3.8) is 0 Å². The molecule has 0 radical (unpaired) electrons. The highest BCUT2D eigenvalue weighted by molar-refractivity contribution is 6.40. The molecule has 126 valence electrons. The summed E-state index contributed by atoms with van der Waals surface area (Å²) in [5.41, 5.74) is -0.120. The van der Waals surface area contributed by atoms with Crippen molar-refractivity contribution in [2.75, 3.05) is 38.7 Å².